The van der Waals surface area contributed by atoms with E-state index >= 15 is 0 Å². The third-order valence-electron chi connectivity index (χ3n) is 3.46. The van der Waals surface area contributed by atoms with Crippen LogP contribution < -0.4 is 15.5 Å². The number of guanidine groups is 1. The number of para-hydroxylation sites is 1. The van der Waals surface area contributed by atoms with Crippen LogP contribution in [0.5, 0.6) is 0 Å². The Morgan fingerprint density at radius 3 is 2.67 bits per heavy atom. The Morgan fingerprint density at radius 1 is 1.21 bits per heavy atom. The van der Waals surface area contributed by atoms with E-state index in [1.54, 1.807) is 30.5 Å². The molecule has 0 radical (unpaired) electrons. The first-order valence-electron chi connectivity index (χ1n) is 7.63. The van der Waals surface area contributed by atoms with Gasteiger partial charge < -0.3 is 15.5 Å². The van der Waals surface area contributed by atoms with Crippen molar-refractivity contribution in [1.82, 2.24) is 10.6 Å². The maximum atomic E-state index is 13.7. The Morgan fingerprint density at radius 2 is 2.00 bits per heavy atom. The van der Waals surface area contributed by atoms with Crippen LogP contribution in [0.4, 0.5) is 10.1 Å². The van der Waals surface area contributed by atoms with Crippen LogP contribution in [0.3, 0.4) is 0 Å². The fraction of sp³-hybridized carbons (Fsp3) is 0.353. The van der Waals surface area contributed by atoms with Crippen molar-refractivity contribution >= 4 is 47.0 Å². The molecule has 2 rings (SSSR count). The van der Waals surface area contributed by atoms with Gasteiger partial charge >= 0.3 is 0 Å². The van der Waals surface area contributed by atoms with Gasteiger partial charge in [-0.2, -0.15) is 0 Å². The fourth-order valence-corrected chi connectivity index (χ4v) is 2.85. The molecule has 0 unspecified atom stereocenters. The van der Waals surface area contributed by atoms with Crippen LogP contribution in [-0.2, 0) is 6.54 Å². The molecule has 0 bridgehead atoms. The van der Waals surface area contributed by atoms with Crippen LogP contribution >= 0.6 is 35.3 Å². The molecule has 1 aromatic carbocycles. The summed E-state index contributed by atoms with van der Waals surface area (Å²) in [5.41, 5.74) is 0.632. The third kappa shape index (κ3) is 6.64. The number of thiophene rings is 1. The van der Waals surface area contributed by atoms with Crippen molar-refractivity contribution in [3.05, 3.63) is 52.5 Å². The minimum atomic E-state index is -0.184. The van der Waals surface area contributed by atoms with Crippen molar-refractivity contribution in [3.8, 4) is 0 Å². The smallest absolute Gasteiger partial charge is 0.191 e. The zero-order valence-corrected chi connectivity index (χ0v) is 17.1. The van der Waals surface area contributed by atoms with Crippen molar-refractivity contribution in [1.29, 1.82) is 0 Å². The molecule has 0 spiro atoms. The Bertz CT molecular complexity index is 619. The molecule has 0 aliphatic rings. The van der Waals surface area contributed by atoms with Gasteiger partial charge in [-0.25, -0.2) is 4.39 Å². The van der Waals surface area contributed by atoms with E-state index in [9.17, 15) is 4.39 Å². The summed E-state index contributed by atoms with van der Waals surface area (Å²) in [6.45, 7) is 2.32. The number of nitrogens with zero attached hydrogens (tertiary/aromatic N) is 2. The second kappa shape index (κ2) is 11.2. The number of hydrogen-bond acceptors (Lipinski definition) is 3. The second-order valence-electron chi connectivity index (χ2n) is 5.16. The Balaban J connectivity index is 0.00000288. The molecule has 0 saturated carbocycles. The van der Waals surface area contributed by atoms with Crippen molar-refractivity contribution in [3.63, 3.8) is 0 Å². The molecule has 0 aliphatic heterocycles. The Labute approximate surface area is 164 Å². The summed E-state index contributed by atoms with van der Waals surface area (Å²) in [6.07, 6.45) is 0.893. The van der Waals surface area contributed by atoms with Crippen molar-refractivity contribution in [2.24, 2.45) is 4.99 Å². The van der Waals surface area contributed by atoms with E-state index in [0.717, 1.165) is 32.0 Å². The molecule has 1 heterocycles. The molecule has 2 aromatic rings. The Kier molecular flexibility index (Phi) is 9.70. The van der Waals surface area contributed by atoms with Crippen LogP contribution in [-0.4, -0.2) is 33.1 Å². The van der Waals surface area contributed by atoms with Crippen molar-refractivity contribution < 1.29 is 4.39 Å². The van der Waals surface area contributed by atoms with Gasteiger partial charge in [0.25, 0.3) is 0 Å². The Hall–Kier alpha value is -1.35. The number of halogens is 2. The molecule has 24 heavy (non-hydrogen) atoms. The highest BCUT2D eigenvalue weighted by Gasteiger charge is 2.06. The molecular weight excluding hydrogens is 438 g/mol. The third-order valence-corrected chi connectivity index (χ3v) is 4.34. The maximum Gasteiger partial charge on any atom is 0.191 e. The quantitative estimate of drug-likeness (QED) is 0.285. The first kappa shape index (κ1) is 20.7. The van der Waals surface area contributed by atoms with Crippen molar-refractivity contribution in [2.75, 3.05) is 32.1 Å². The highest BCUT2D eigenvalue weighted by atomic mass is 127. The molecule has 0 aliphatic carbocycles. The summed E-state index contributed by atoms with van der Waals surface area (Å²) in [6, 6.07) is 11.0. The average Bonchev–Trinajstić information content (AvgIpc) is 3.08. The number of rotatable bonds is 7. The van der Waals surface area contributed by atoms with Crippen LogP contribution in [0.15, 0.2) is 46.8 Å². The van der Waals surface area contributed by atoms with Gasteiger partial charge in [0.1, 0.15) is 5.82 Å². The SMILES string of the molecule is CN=C(NCCCN(C)c1ccccc1F)NCc1cccs1.I. The molecule has 7 heteroatoms. The van der Waals surface area contributed by atoms with E-state index in [4.69, 9.17) is 0 Å². The zero-order valence-electron chi connectivity index (χ0n) is 14.0. The number of nitrogens with one attached hydrogen (secondary N) is 2. The highest BCUT2D eigenvalue weighted by Crippen LogP contribution is 2.16. The van der Waals surface area contributed by atoms with Crippen LogP contribution in [0.2, 0.25) is 0 Å². The lowest BCUT2D eigenvalue weighted by atomic mass is 10.2. The minimum Gasteiger partial charge on any atom is -0.372 e. The first-order valence-corrected chi connectivity index (χ1v) is 8.51. The van der Waals surface area contributed by atoms with Gasteiger partial charge in [-0.3, -0.25) is 4.99 Å². The van der Waals surface area contributed by atoms with E-state index in [2.05, 4.69) is 27.1 Å². The lowest BCUT2D eigenvalue weighted by Gasteiger charge is -2.20. The first-order chi connectivity index (χ1) is 11.2. The molecular formula is C17H24FIN4S. The lowest BCUT2D eigenvalue weighted by molar-refractivity contribution is 0.619. The summed E-state index contributed by atoms with van der Waals surface area (Å²) >= 11 is 1.72. The summed E-state index contributed by atoms with van der Waals surface area (Å²) in [5, 5.41) is 8.61. The standard InChI is InChI=1S/C17H23FN4S.HI/c1-19-17(21-13-14-7-5-12-23-14)20-10-6-11-22(2)16-9-4-3-8-15(16)18;/h3-5,7-9,12H,6,10-11,13H2,1-2H3,(H2,19,20,21);1H. The van der Waals surface area contributed by atoms with E-state index in [1.165, 1.54) is 10.9 Å². The second-order valence-corrected chi connectivity index (χ2v) is 6.19. The molecule has 4 nitrogen and oxygen atoms in total. The van der Waals surface area contributed by atoms with E-state index < -0.39 is 0 Å². The molecule has 0 atom stereocenters. The largest absolute Gasteiger partial charge is 0.372 e. The number of anilines is 1. The van der Waals surface area contributed by atoms with Gasteiger partial charge in [-0.1, -0.05) is 18.2 Å². The zero-order chi connectivity index (χ0) is 16.5. The van der Waals surface area contributed by atoms with Gasteiger partial charge in [-0.05, 0) is 30.0 Å². The summed E-state index contributed by atoms with van der Waals surface area (Å²) in [7, 11) is 3.66. The van der Waals surface area contributed by atoms with Gasteiger partial charge in [-0.15, -0.1) is 35.3 Å². The summed E-state index contributed by atoms with van der Waals surface area (Å²) < 4.78 is 13.7. The van der Waals surface area contributed by atoms with Gasteiger partial charge in [0.2, 0.25) is 0 Å². The lowest BCUT2D eigenvalue weighted by Crippen LogP contribution is -2.38. The van der Waals surface area contributed by atoms with E-state index in [-0.39, 0.29) is 29.8 Å². The van der Waals surface area contributed by atoms with E-state index in [0.29, 0.717) is 5.69 Å². The maximum absolute atomic E-state index is 13.7. The average molecular weight is 462 g/mol. The molecule has 132 valence electrons. The number of aliphatic imine (C=N–C) groups is 1. The normalized spacial score (nSPS) is 10.9. The summed E-state index contributed by atoms with van der Waals surface area (Å²) in [4.78, 5) is 7.40. The van der Waals surface area contributed by atoms with Gasteiger partial charge in [0, 0.05) is 32.1 Å². The van der Waals surface area contributed by atoms with Gasteiger partial charge in [0.15, 0.2) is 5.96 Å². The number of hydrogen-bond donors (Lipinski definition) is 2. The number of benzene rings is 1. The van der Waals surface area contributed by atoms with Crippen LogP contribution in [0, 0.1) is 5.82 Å². The monoisotopic (exact) mass is 462 g/mol. The molecule has 1 aromatic heterocycles. The molecule has 2 N–H and O–H groups in total. The summed E-state index contributed by atoms with van der Waals surface area (Å²) in [5.74, 6) is 0.600. The molecule has 0 amide bonds. The molecule has 0 fully saturated rings. The predicted octanol–water partition coefficient (Wildman–Crippen LogP) is 3.70. The van der Waals surface area contributed by atoms with E-state index in [1.807, 2.05) is 24.1 Å². The molecule has 0 saturated heterocycles. The highest BCUT2D eigenvalue weighted by molar-refractivity contribution is 14.0. The van der Waals surface area contributed by atoms with Crippen LogP contribution in [0.1, 0.15) is 11.3 Å². The van der Waals surface area contributed by atoms with Crippen LogP contribution in [0.25, 0.3) is 0 Å². The topological polar surface area (TPSA) is 39.7 Å². The van der Waals surface area contributed by atoms with Gasteiger partial charge in [0.05, 0.1) is 12.2 Å². The minimum absolute atomic E-state index is 0. The van der Waals surface area contributed by atoms with Crippen molar-refractivity contribution in [2.45, 2.75) is 13.0 Å². The fourth-order valence-electron chi connectivity index (χ4n) is 2.21. The predicted molar refractivity (Wildman–Crippen MR) is 112 cm³/mol.